The molecule has 0 aliphatic carbocycles. The summed E-state index contributed by atoms with van der Waals surface area (Å²) in [7, 11) is 0. The lowest BCUT2D eigenvalue weighted by atomic mass is 10.6. The molecule has 0 aliphatic heterocycles. The van der Waals surface area contributed by atoms with Crippen molar-refractivity contribution in [1.82, 2.24) is 10.1 Å². The van der Waals surface area contributed by atoms with Crippen LogP contribution in [0.5, 0.6) is 0 Å². The van der Waals surface area contributed by atoms with E-state index < -0.39 is 6.09 Å². The number of hydrogen-bond donors (Lipinski definition) is 2. The van der Waals surface area contributed by atoms with Gasteiger partial charge in [-0.2, -0.15) is 5.12 Å². The molecule has 0 spiro atoms. The van der Waals surface area contributed by atoms with E-state index in [1.807, 2.05) is 13.8 Å². The number of nitrogens with two attached hydrogens (primary N) is 1. The summed E-state index contributed by atoms with van der Waals surface area (Å²) in [5.41, 5.74) is 0. The van der Waals surface area contributed by atoms with E-state index in [9.17, 15) is 4.79 Å². The summed E-state index contributed by atoms with van der Waals surface area (Å²) in [6.45, 7) is 4.87. The molecule has 0 aromatic rings. The first-order valence-electron chi connectivity index (χ1n) is 3.16. The molecule has 0 saturated heterocycles. The Balaban J connectivity index is 3.88. The maximum atomic E-state index is 10.2. The van der Waals surface area contributed by atoms with E-state index in [0.717, 1.165) is 0 Å². The Morgan fingerprint density at radius 2 is 1.90 bits per heavy atom. The molecule has 0 heterocycles. The zero-order valence-electron chi connectivity index (χ0n) is 6.24. The van der Waals surface area contributed by atoms with Crippen LogP contribution in [0.2, 0.25) is 0 Å². The van der Waals surface area contributed by atoms with Crippen LogP contribution >= 0.6 is 0 Å². The Morgan fingerprint density at radius 3 is 2.00 bits per heavy atom. The zero-order valence-corrected chi connectivity index (χ0v) is 6.24. The van der Waals surface area contributed by atoms with Gasteiger partial charge >= 0.3 is 6.09 Å². The molecule has 0 saturated carbocycles. The Labute approximate surface area is 60.0 Å². The zero-order chi connectivity index (χ0) is 8.15. The summed E-state index contributed by atoms with van der Waals surface area (Å²) in [4.78, 5) is 10.2. The highest BCUT2D eigenvalue weighted by Crippen LogP contribution is 1.89. The van der Waals surface area contributed by atoms with Gasteiger partial charge in [0.05, 0.1) is 0 Å². The lowest BCUT2D eigenvalue weighted by Crippen LogP contribution is -2.50. The monoisotopic (exact) mass is 147 g/mol. The molecule has 1 amide bonds. The van der Waals surface area contributed by atoms with Crippen molar-refractivity contribution in [2.75, 3.05) is 13.1 Å². The molecule has 60 valence electrons. The minimum atomic E-state index is -1.14. The topological polar surface area (TPSA) is 69.8 Å². The predicted octanol–water partition coefficient (Wildman–Crippen LogP) is 0.0969. The Morgan fingerprint density at radius 1 is 1.50 bits per heavy atom. The average molecular weight is 147 g/mol. The fraction of sp³-hybridized carbons (Fsp3) is 0.800. The summed E-state index contributed by atoms with van der Waals surface area (Å²) in [5.74, 6) is 5.14. The van der Waals surface area contributed by atoms with Crippen LogP contribution in [0, 0.1) is 0 Å². The second-order valence-corrected chi connectivity index (χ2v) is 1.77. The molecular formula is C5H13N3O2. The van der Waals surface area contributed by atoms with Gasteiger partial charge in [0.25, 0.3) is 0 Å². The second-order valence-electron chi connectivity index (χ2n) is 1.77. The van der Waals surface area contributed by atoms with Crippen LogP contribution in [0.1, 0.15) is 13.8 Å². The third-order valence-corrected chi connectivity index (χ3v) is 1.23. The van der Waals surface area contributed by atoms with Crippen LogP contribution < -0.4 is 5.84 Å². The van der Waals surface area contributed by atoms with Crippen LogP contribution in [0.3, 0.4) is 0 Å². The number of rotatable bonds is 3. The molecule has 0 fully saturated rings. The van der Waals surface area contributed by atoms with E-state index in [1.165, 1.54) is 5.01 Å². The first-order valence-corrected chi connectivity index (χ1v) is 3.16. The standard InChI is InChI=1S/C5H13N3O2/c1-3-7(4-2)8(6)5(9)10/h3-4,6H2,1-2H3,(H,9,10). The van der Waals surface area contributed by atoms with Gasteiger partial charge in [0.2, 0.25) is 0 Å². The van der Waals surface area contributed by atoms with Crippen LogP contribution in [-0.2, 0) is 0 Å². The number of carbonyl (C=O) groups is 1. The van der Waals surface area contributed by atoms with Crippen molar-refractivity contribution in [3.8, 4) is 0 Å². The van der Waals surface area contributed by atoms with Crippen molar-refractivity contribution >= 4 is 6.09 Å². The van der Waals surface area contributed by atoms with E-state index in [4.69, 9.17) is 10.9 Å². The van der Waals surface area contributed by atoms with E-state index in [2.05, 4.69) is 0 Å². The van der Waals surface area contributed by atoms with Gasteiger partial charge in [-0.3, -0.25) is 0 Å². The maximum Gasteiger partial charge on any atom is 0.436 e. The van der Waals surface area contributed by atoms with Crippen molar-refractivity contribution in [1.29, 1.82) is 0 Å². The lowest BCUT2D eigenvalue weighted by Gasteiger charge is -2.25. The van der Waals surface area contributed by atoms with E-state index in [1.54, 1.807) is 0 Å². The van der Waals surface area contributed by atoms with Crippen molar-refractivity contribution in [3.05, 3.63) is 0 Å². The van der Waals surface area contributed by atoms with Crippen molar-refractivity contribution in [2.24, 2.45) is 5.84 Å². The number of hydrogen-bond acceptors (Lipinski definition) is 3. The van der Waals surface area contributed by atoms with Gasteiger partial charge in [-0.15, -0.1) is 0 Å². The Kier molecular flexibility index (Phi) is 3.75. The van der Waals surface area contributed by atoms with Gasteiger partial charge in [-0.25, -0.2) is 15.6 Å². The summed E-state index contributed by atoms with van der Waals surface area (Å²) < 4.78 is 0. The molecule has 0 atom stereocenters. The molecule has 3 N–H and O–H groups in total. The normalized spacial score (nSPS) is 10.0. The molecule has 0 bridgehead atoms. The fourth-order valence-electron chi connectivity index (χ4n) is 0.649. The predicted molar refractivity (Wildman–Crippen MR) is 37.0 cm³/mol. The number of nitrogens with zero attached hydrogens (tertiary/aromatic N) is 2. The molecule has 0 aromatic heterocycles. The molecule has 0 radical (unpaired) electrons. The van der Waals surface area contributed by atoms with Crippen LogP contribution in [-0.4, -0.2) is 34.4 Å². The molecule has 0 rings (SSSR count). The van der Waals surface area contributed by atoms with Crippen molar-refractivity contribution in [2.45, 2.75) is 13.8 Å². The van der Waals surface area contributed by atoms with Gasteiger partial charge in [-0.1, -0.05) is 13.8 Å². The van der Waals surface area contributed by atoms with Gasteiger partial charge in [-0.05, 0) is 0 Å². The number of amides is 1. The smallest absolute Gasteiger partial charge is 0.436 e. The Bertz CT molecular complexity index is 113. The van der Waals surface area contributed by atoms with Crippen LogP contribution in [0.4, 0.5) is 4.79 Å². The summed E-state index contributed by atoms with van der Waals surface area (Å²) >= 11 is 0. The van der Waals surface area contributed by atoms with Crippen molar-refractivity contribution in [3.63, 3.8) is 0 Å². The maximum absolute atomic E-state index is 10.2. The SMILES string of the molecule is CCN(CC)N(N)C(=O)O. The average Bonchev–Trinajstić information content (AvgIpc) is 1.90. The fourth-order valence-corrected chi connectivity index (χ4v) is 0.649. The summed E-state index contributed by atoms with van der Waals surface area (Å²) in [5, 5.41) is 10.6. The molecule has 5 nitrogen and oxygen atoms in total. The molecule has 10 heavy (non-hydrogen) atoms. The molecule has 0 unspecified atom stereocenters. The molecule has 5 heteroatoms. The first kappa shape index (κ1) is 9.19. The Hall–Kier alpha value is -0.810. The summed E-state index contributed by atoms with van der Waals surface area (Å²) in [6, 6.07) is 0. The molecule has 0 aliphatic rings. The van der Waals surface area contributed by atoms with Gasteiger partial charge in [0.1, 0.15) is 0 Å². The van der Waals surface area contributed by atoms with Gasteiger partial charge in [0, 0.05) is 13.1 Å². The first-order chi connectivity index (χ1) is 4.63. The molecular weight excluding hydrogens is 134 g/mol. The van der Waals surface area contributed by atoms with Crippen molar-refractivity contribution < 1.29 is 9.90 Å². The molecule has 0 aromatic carbocycles. The van der Waals surface area contributed by atoms with Crippen LogP contribution in [0.15, 0.2) is 0 Å². The summed E-state index contributed by atoms with van der Waals surface area (Å²) in [6.07, 6.45) is -1.14. The largest absolute Gasteiger partial charge is 0.463 e. The van der Waals surface area contributed by atoms with E-state index in [-0.39, 0.29) is 0 Å². The third kappa shape index (κ3) is 2.20. The van der Waals surface area contributed by atoms with Crippen LogP contribution in [0.25, 0.3) is 0 Å². The minimum Gasteiger partial charge on any atom is -0.463 e. The van der Waals surface area contributed by atoms with E-state index >= 15 is 0 Å². The minimum absolute atomic E-state index is 0.597. The van der Waals surface area contributed by atoms with Gasteiger partial charge in [0.15, 0.2) is 0 Å². The van der Waals surface area contributed by atoms with E-state index in [0.29, 0.717) is 18.2 Å². The second kappa shape index (κ2) is 4.08. The highest BCUT2D eigenvalue weighted by atomic mass is 16.4. The number of hydrazine groups is 2. The number of carboxylic acid groups (broad SMARTS) is 1. The highest BCUT2D eigenvalue weighted by Gasteiger charge is 2.12. The highest BCUT2D eigenvalue weighted by molar-refractivity contribution is 5.63. The third-order valence-electron chi connectivity index (χ3n) is 1.23. The van der Waals surface area contributed by atoms with Gasteiger partial charge < -0.3 is 5.11 Å². The lowest BCUT2D eigenvalue weighted by molar-refractivity contribution is -0.00251. The quantitative estimate of drug-likeness (QED) is 0.337.